The molecule has 2 rings (SSSR count). The number of hydrogen-bond acceptors (Lipinski definition) is 11. The van der Waals surface area contributed by atoms with E-state index in [9.17, 15) is 38.1 Å². The van der Waals surface area contributed by atoms with E-state index in [0.29, 0.717) is 19.3 Å². The average Bonchev–Trinajstić information content (AvgIpc) is 3.20. The summed E-state index contributed by atoms with van der Waals surface area (Å²) < 4.78 is 48.5. The number of halogens is 3. The standard InChI is InChI=1S/C27H37F3N2O10/c28-27(29,30)18-6-5-7-20(14-18)41-17-19(33)10-11-22-21(23(34)15-24(22)35)8-3-1-2-4-9-25(36)31-16-26(37)40-12-13-42-32(38)39/h1,3,5-7,10-11,14,19,21-24,33-35,38-39H,2,4,8-9,12-13,15-17H2,(H,31,36)/b3-1-,11-10+/t19-,21-,22-,23+,24-/m1/s1. The lowest BCUT2D eigenvalue weighted by Crippen LogP contribution is -2.31. The number of aliphatic hydroxyl groups excluding tert-OH is 3. The second-order valence-electron chi connectivity index (χ2n) is 9.58. The number of nitrogens with zero attached hydrogens (tertiary/aromatic N) is 1. The van der Waals surface area contributed by atoms with Gasteiger partial charge in [0.1, 0.15) is 38.2 Å². The van der Waals surface area contributed by atoms with Crippen molar-refractivity contribution in [2.75, 3.05) is 26.4 Å². The first-order valence-corrected chi connectivity index (χ1v) is 13.3. The van der Waals surface area contributed by atoms with E-state index in [1.54, 1.807) is 6.08 Å². The predicted octanol–water partition coefficient (Wildman–Crippen LogP) is 2.15. The number of alkyl halides is 3. The van der Waals surface area contributed by atoms with Gasteiger partial charge in [0.15, 0.2) is 0 Å². The third-order valence-electron chi connectivity index (χ3n) is 6.39. The Morgan fingerprint density at radius 2 is 1.90 bits per heavy atom. The number of rotatable bonds is 17. The molecule has 0 radical (unpaired) electrons. The molecule has 0 aliphatic heterocycles. The Morgan fingerprint density at radius 3 is 2.62 bits per heavy atom. The highest BCUT2D eigenvalue weighted by molar-refractivity contribution is 5.81. The molecule has 0 bridgehead atoms. The third-order valence-corrected chi connectivity index (χ3v) is 6.39. The summed E-state index contributed by atoms with van der Waals surface area (Å²) in [6.45, 7) is -1.17. The number of nitrogens with one attached hydrogen (secondary N) is 1. The van der Waals surface area contributed by atoms with Crippen LogP contribution in [0.15, 0.2) is 48.6 Å². The SMILES string of the molecule is O=C(CCC/C=C\C[C@@H]1[C@@H](/C=C/[C@@H](O)COc2cccc(C(F)(F)F)c2)[C@H](O)C[C@@H]1O)NCC(=O)OCCON(O)O. The van der Waals surface area contributed by atoms with Gasteiger partial charge in [-0.15, -0.1) is 0 Å². The number of benzene rings is 1. The van der Waals surface area contributed by atoms with Crippen LogP contribution in [-0.4, -0.2) is 87.7 Å². The van der Waals surface area contributed by atoms with E-state index in [-0.39, 0.29) is 56.8 Å². The summed E-state index contributed by atoms with van der Waals surface area (Å²) in [7, 11) is 0. The molecule has 5 atom stereocenters. The van der Waals surface area contributed by atoms with Crippen molar-refractivity contribution in [3.63, 3.8) is 0 Å². The predicted molar refractivity (Wildman–Crippen MR) is 139 cm³/mol. The van der Waals surface area contributed by atoms with Crippen LogP contribution in [0.1, 0.15) is 37.7 Å². The summed E-state index contributed by atoms with van der Waals surface area (Å²) in [5.74, 6) is -1.91. The Morgan fingerprint density at radius 1 is 1.14 bits per heavy atom. The number of amides is 1. The number of carbonyl (C=O) groups is 2. The van der Waals surface area contributed by atoms with Gasteiger partial charge in [0.25, 0.3) is 0 Å². The zero-order valence-corrected chi connectivity index (χ0v) is 22.7. The summed E-state index contributed by atoms with van der Waals surface area (Å²) in [4.78, 5) is 27.6. The monoisotopic (exact) mass is 606 g/mol. The van der Waals surface area contributed by atoms with Crippen molar-refractivity contribution in [2.45, 2.75) is 56.6 Å². The molecule has 1 fully saturated rings. The molecule has 236 valence electrons. The van der Waals surface area contributed by atoms with Crippen molar-refractivity contribution < 1.29 is 62.8 Å². The summed E-state index contributed by atoms with van der Waals surface area (Å²) in [6.07, 6.45) is 1.12. The summed E-state index contributed by atoms with van der Waals surface area (Å²) in [6, 6.07) is 4.30. The van der Waals surface area contributed by atoms with Crippen molar-refractivity contribution in [1.82, 2.24) is 10.7 Å². The van der Waals surface area contributed by atoms with Gasteiger partial charge in [-0.25, -0.2) is 4.84 Å². The Balaban J connectivity index is 1.70. The van der Waals surface area contributed by atoms with Gasteiger partial charge in [0.05, 0.1) is 23.2 Å². The van der Waals surface area contributed by atoms with Gasteiger partial charge in [0.2, 0.25) is 5.91 Å². The molecule has 1 amide bonds. The molecule has 42 heavy (non-hydrogen) atoms. The fraction of sp³-hybridized carbons (Fsp3) is 0.556. The van der Waals surface area contributed by atoms with Gasteiger partial charge in [-0.1, -0.05) is 30.4 Å². The normalized spacial score (nSPS) is 21.7. The molecule has 1 aromatic carbocycles. The van der Waals surface area contributed by atoms with Crippen molar-refractivity contribution in [1.29, 1.82) is 0 Å². The van der Waals surface area contributed by atoms with Gasteiger partial charge in [-0.2, -0.15) is 13.2 Å². The molecule has 1 aliphatic rings. The number of ether oxygens (including phenoxy) is 2. The highest BCUT2D eigenvalue weighted by Crippen LogP contribution is 2.36. The van der Waals surface area contributed by atoms with Crippen LogP contribution < -0.4 is 10.1 Å². The van der Waals surface area contributed by atoms with E-state index in [4.69, 9.17) is 19.9 Å². The van der Waals surface area contributed by atoms with Crippen molar-refractivity contribution in [2.24, 2.45) is 11.8 Å². The Bertz CT molecular complexity index is 1040. The van der Waals surface area contributed by atoms with Gasteiger partial charge in [0, 0.05) is 18.8 Å². The fourth-order valence-corrected chi connectivity index (χ4v) is 4.30. The van der Waals surface area contributed by atoms with Crippen LogP contribution in [0.2, 0.25) is 0 Å². The molecule has 12 nitrogen and oxygen atoms in total. The van der Waals surface area contributed by atoms with Crippen molar-refractivity contribution in [3.05, 3.63) is 54.1 Å². The molecular formula is C27H37F3N2O10. The number of unbranched alkanes of at least 4 members (excludes halogenated alkanes) is 1. The van der Waals surface area contributed by atoms with Crippen LogP contribution in [0.4, 0.5) is 13.2 Å². The van der Waals surface area contributed by atoms with Gasteiger partial charge < -0.3 is 30.1 Å². The summed E-state index contributed by atoms with van der Waals surface area (Å²) >= 11 is 0. The summed E-state index contributed by atoms with van der Waals surface area (Å²) in [5, 5.41) is 49.5. The van der Waals surface area contributed by atoms with E-state index in [1.807, 2.05) is 12.2 Å². The lowest BCUT2D eigenvalue weighted by atomic mass is 9.89. The largest absolute Gasteiger partial charge is 0.491 e. The number of carbonyl (C=O) groups excluding carboxylic acids is 2. The minimum atomic E-state index is -4.52. The molecule has 0 unspecified atom stereocenters. The van der Waals surface area contributed by atoms with E-state index >= 15 is 0 Å². The van der Waals surface area contributed by atoms with Gasteiger partial charge >= 0.3 is 12.1 Å². The molecular weight excluding hydrogens is 569 g/mol. The summed E-state index contributed by atoms with van der Waals surface area (Å²) in [5.41, 5.74) is -0.866. The van der Waals surface area contributed by atoms with E-state index in [1.165, 1.54) is 18.2 Å². The number of allylic oxidation sites excluding steroid dienone is 2. The molecule has 6 N–H and O–H groups in total. The van der Waals surface area contributed by atoms with Gasteiger partial charge in [-0.3, -0.25) is 20.0 Å². The van der Waals surface area contributed by atoms with Crippen LogP contribution in [0.3, 0.4) is 0 Å². The maximum Gasteiger partial charge on any atom is 0.416 e. The van der Waals surface area contributed by atoms with Crippen LogP contribution in [0.25, 0.3) is 0 Å². The first-order chi connectivity index (χ1) is 19.9. The van der Waals surface area contributed by atoms with Crippen molar-refractivity contribution in [3.8, 4) is 5.75 Å². The van der Waals surface area contributed by atoms with Gasteiger partial charge in [-0.05, 0) is 43.4 Å². The van der Waals surface area contributed by atoms with Crippen LogP contribution in [0, 0.1) is 11.8 Å². The van der Waals surface area contributed by atoms with Crippen LogP contribution in [-0.2, 0) is 25.3 Å². The van der Waals surface area contributed by atoms with Crippen molar-refractivity contribution >= 4 is 11.9 Å². The molecule has 0 saturated heterocycles. The maximum absolute atomic E-state index is 12.8. The Kier molecular flexibility index (Phi) is 14.9. The average molecular weight is 607 g/mol. The Labute approximate surface area is 240 Å². The lowest BCUT2D eigenvalue weighted by molar-refractivity contribution is -0.493. The molecule has 0 spiro atoms. The smallest absolute Gasteiger partial charge is 0.416 e. The van der Waals surface area contributed by atoms with Crippen LogP contribution >= 0.6 is 0 Å². The zero-order chi connectivity index (χ0) is 31.1. The van der Waals surface area contributed by atoms with E-state index in [2.05, 4.69) is 10.2 Å². The highest BCUT2D eigenvalue weighted by atomic mass is 19.4. The Hall–Kier alpha value is -3.05. The molecule has 1 saturated carbocycles. The minimum absolute atomic E-state index is 0.0432. The number of hydrogen-bond donors (Lipinski definition) is 6. The quantitative estimate of drug-likeness (QED) is 0.0663. The second kappa shape index (κ2) is 17.8. The zero-order valence-electron chi connectivity index (χ0n) is 22.7. The molecule has 1 aromatic rings. The topological polar surface area (TPSA) is 178 Å². The number of aliphatic hydroxyl groups is 3. The molecule has 0 heterocycles. The second-order valence-corrected chi connectivity index (χ2v) is 9.58. The van der Waals surface area contributed by atoms with Crippen LogP contribution in [0.5, 0.6) is 5.75 Å². The van der Waals surface area contributed by atoms with E-state index in [0.717, 1.165) is 12.1 Å². The maximum atomic E-state index is 12.8. The molecule has 0 aromatic heterocycles. The highest BCUT2D eigenvalue weighted by Gasteiger charge is 2.39. The first kappa shape index (κ1) is 35.1. The molecule has 15 heteroatoms. The third kappa shape index (κ3) is 13.3. The molecule has 1 aliphatic carbocycles. The first-order valence-electron chi connectivity index (χ1n) is 13.3. The van der Waals surface area contributed by atoms with E-state index < -0.39 is 47.3 Å². The minimum Gasteiger partial charge on any atom is -0.491 e. The lowest BCUT2D eigenvalue weighted by Gasteiger charge is -2.19. The fourth-order valence-electron chi connectivity index (χ4n) is 4.30. The number of esters is 1.